The van der Waals surface area contributed by atoms with Gasteiger partial charge < -0.3 is 14.8 Å². The molecule has 0 spiro atoms. The van der Waals surface area contributed by atoms with Gasteiger partial charge in [-0.2, -0.15) is 0 Å². The Bertz CT molecular complexity index is 1240. The quantitative estimate of drug-likeness (QED) is 0.284. The van der Waals surface area contributed by atoms with Crippen LogP contribution in [0.15, 0.2) is 84.9 Å². The molecule has 1 atom stereocenters. The van der Waals surface area contributed by atoms with Gasteiger partial charge in [-0.15, -0.1) is 0 Å². The summed E-state index contributed by atoms with van der Waals surface area (Å²) >= 11 is 0. The molecule has 190 valence electrons. The van der Waals surface area contributed by atoms with Crippen molar-refractivity contribution >= 4 is 35.1 Å². The number of rotatable bonds is 12. The Kier molecular flexibility index (Phi) is 9.84. The van der Waals surface area contributed by atoms with E-state index in [2.05, 4.69) is 5.32 Å². The van der Waals surface area contributed by atoms with Gasteiger partial charge in [0.05, 0.1) is 5.56 Å². The molecule has 0 fully saturated rings. The van der Waals surface area contributed by atoms with Crippen LogP contribution in [0, 0.1) is 0 Å². The summed E-state index contributed by atoms with van der Waals surface area (Å²) in [5.41, 5.74) is 1.61. The maximum Gasteiger partial charge on any atom is 0.338 e. The average Bonchev–Trinajstić information content (AvgIpc) is 2.92. The molecule has 8 nitrogen and oxygen atoms in total. The van der Waals surface area contributed by atoms with Gasteiger partial charge in [0.2, 0.25) is 11.7 Å². The highest BCUT2D eigenvalue weighted by Crippen LogP contribution is 2.14. The first-order valence-electron chi connectivity index (χ1n) is 11.8. The number of hydrogen-bond donors (Lipinski definition) is 1. The summed E-state index contributed by atoms with van der Waals surface area (Å²) in [6, 6.07) is 23.1. The fourth-order valence-electron chi connectivity index (χ4n) is 3.35. The number of ether oxygens (including phenoxy) is 2. The van der Waals surface area contributed by atoms with E-state index >= 15 is 0 Å². The Labute approximate surface area is 214 Å². The number of hydrogen-bond acceptors (Lipinski definition) is 7. The molecule has 3 rings (SSSR count). The number of carbonyl (C=O) groups excluding carboxylic acids is 5. The third-order valence-corrected chi connectivity index (χ3v) is 5.36. The van der Waals surface area contributed by atoms with Crippen LogP contribution in [0.3, 0.4) is 0 Å². The van der Waals surface area contributed by atoms with Crippen molar-refractivity contribution in [3.63, 3.8) is 0 Å². The van der Waals surface area contributed by atoms with E-state index in [-0.39, 0.29) is 48.9 Å². The Hall–Kier alpha value is -4.59. The number of nitrogens with one attached hydrogen (secondary N) is 1. The Morgan fingerprint density at radius 2 is 1.32 bits per heavy atom. The molecule has 3 aromatic carbocycles. The van der Waals surface area contributed by atoms with Gasteiger partial charge >= 0.3 is 11.9 Å². The number of carbonyl (C=O) groups is 5. The predicted octanol–water partition coefficient (Wildman–Crippen LogP) is 4.65. The molecule has 0 aliphatic rings. The number of amides is 1. The van der Waals surface area contributed by atoms with Crippen LogP contribution in [-0.4, -0.2) is 42.1 Å². The second-order valence-electron chi connectivity index (χ2n) is 8.21. The molecule has 0 radical (unpaired) electrons. The van der Waals surface area contributed by atoms with Crippen molar-refractivity contribution in [1.29, 1.82) is 0 Å². The van der Waals surface area contributed by atoms with E-state index in [4.69, 9.17) is 9.47 Å². The van der Waals surface area contributed by atoms with E-state index in [1.807, 2.05) is 0 Å². The number of esters is 2. The monoisotopic (exact) mass is 501 g/mol. The van der Waals surface area contributed by atoms with Gasteiger partial charge in [0.15, 0.2) is 18.5 Å². The number of benzene rings is 3. The third kappa shape index (κ3) is 8.54. The first-order chi connectivity index (χ1) is 17.8. The van der Waals surface area contributed by atoms with Crippen LogP contribution >= 0.6 is 0 Å². The first kappa shape index (κ1) is 27.0. The highest BCUT2D eigenvalue weighted by atomic mass is 16.5. The summed E-state index contributed by atoms with van der Waals surface area (Å²) in [7, 11) is 0. The normalized spacial score (nSPS) is 11.2. The zero-order chi connectivity index (χ0) is 26.6. The predicted molar refractivity (Wildman–Crippen MR) is 136 cm³/mol. The summed E-state index contributed by atoms with van der Waals surface area (Å²) in [6.45, 7) is 1.17. The minimum Gasteiger partial charge on any atom is -0.457 e. The van der Waals surface area contributed by atoms with Crippen molar-refractivity contribution in [2.24, 2.45) is 0 Å². The van der Waals surface area contributed by atoms with Crippen molar-refractivity contribution in [1.82, 2.24) is 0 Å². The standard InChI is InChI=1S/C29H27NO7/c1-20(28(34)22-11-6-3-7-12-22)37-29(35)23-15-17-24(18-16-23)30-26(32)13-8-14-27(33)36-19-25(31)21-9-4-2-5-10-21/h2-7,9-12,15-18,20H,8,13-14,19H2,1H3,(H,30,32). The lowest BCUT2D eigenvalue weighted by Crippen LogP contribution is -2.24. The van der Waals surface area contributed by atoms with E-state index < -0.39 is 18.0 Å². The van der Waals surface area contributed by atoms with E-state index in [9.17, 15) is 24.0 Å². The van der Waals surface area contributed by atoms with Gasteiger partial charge in [0, 0.05) is 29.7 Å². The van der Waals surface area contributed by atoms with Gasteiger partial charge in [0.1, 0.15) is 0 Å². The van der Waals surface area contributed by atoms with Gasteiger partial charge in [-0.3, -0.25) is 19.2 Å². The summed E-state index contributed by atoms with van der Waals surface area (Å²) < 4.78 is 10.2. The van der Waals surface area contributed by atoms with Gasteiger partial charge in [0.25, 0.3) is 0 Å². The van der Waals surface area contributed by atoms with Crippen molar-refractivity contribution in [2.45, 2.75) is 32.3 Å². The zero-order valence-corrected chi connectivity index (χ0v) is 20.3. The molecule has 1 amide bonds. The number of Topliss-reactive ketones (excluding diaryl/α,β-unsaturated/α-hetero) is 2. The highest BCUT2D eigenvalue weighted by molar-refractivity contribution is 6.01. The van der Waals surface area contributed by atoms with E-state index in [0.29, 0.717) is 16.8 Å². The van der Waals surface area contributed by atoms with Crippen LogP contribution in [-0.2, 0) is 19.1 Å². The Morgan fingerprint density at radius 1 is 0.730 bits per heavy atom. The maximum absolute atomic E-state index is 12.4. The third-order valence-electron chi connectivity index (χ3n) is 5.36. The second-order valence-corrected chi connectivity index (χ2v) is 8.21. The molecule has 8 heteroatoms. The van der Waals surface area contributed by atoms with E-state index in [0.717, 1.165) is 0 Å². The average molecular weight is 502 g/mol. The molecule has 1 N–H and O–H groups in total. The molecule has 0 saturated carbocycles. The fraction of sp³-hybridized carbons (Fsp3) is 0.207. The lowest BCUT2D eigenvalue weighted by Gasteiger charge is -2.12. The molecule has 0 heterocycles. The largest absolute Gasteiger partial charge is 0.457 e. The summed E-state index contributed by atoms with van der Waals surface area (Å²) in [5, 5.41) is 2.68. The summed E-state index contributed by atoms with van der Waals surface area (Å²) in [6.07, 6.45) is -0.621. The van der Waals surface area contributed by atoms with Crippen LogP contribution in [0.1, 0.15) is 57.3 Å². The van der Waals surface area contributed by atoms with Crippen LogP contribution in [0.2, 0.25) is 0 Å². The van der Waals surface area contributed by atoms with Gasteiger partial charge in [-0.05, 0) is 37.6 Å². The minimum atomic E-state index is -0.947. The first-order valence-corrected chi connectivity index (χ1v) is 11.8. The molecule has 0 aliphatic heterocycles. The summed E-state index contributed by atoms with van der Waals surface area (Å²) in [4.78, 5) is 60.7. The van der Waals surface area contributed by atoms with Crippen molar-refractivity contribution in [3.05, 3.63) is 102 Å². The minimum absolute atomic E-state index is 0.000153. The molecular formula is C29H27NO7. The smallest absolute Gasteiger partial charge is 0.338 e. The van der Waals surface area contributed by atoms with Crippen LogP contribution in [0.5, 0.6) is 0 Å². The van der Waals surface area contributed by atoms with E-state index in [1.54, 1.807) is 72.8 Å². The molecule has 0 bridgehead atoms. The van der Waals surface area contributed by atoms with Gasteiger partial charge in [-0.25, -0.2) is 4.79 Å². The Morgan fingerprint density at radius 3 is 1.95 bits per heavy atom. The molecule has 0 saturated heterocycles. The van der Waals surface area contributed by atoms with Crippen LogP contribution in [0.25, 0.3) is 0 Å². The lowest BCUT2D eigenvalue weighted by atomic mass is 10.1. The summed E-state index contributed by atoms with van der Waals surface area (Å²) in [5.74, 6) is -2.12. The maximum atomic E-state index is 12.4. The van der Waals surface area contributed by atoms with Crippen molar-refractivity contribution in [3.8, 4) is 0 Å². The lowest BCUT2D eigenvalue weighted by molar-refractivity contribution is -0.142. The molecular weight excluding hydrogens is 474 g/mol. The fourth-order valence-corrected chi connectivity index (χ4v) is 3.35. The molecule has 0 aliphatic carbocycles. The molecule has 37 heavy (non-hydrogen) atoms. The van der Waals surface area contributed by atoms with Crippen LogP contribution < -0.4 is 5.32 Å². The Balaban J connectivity index is 1.37. The topological polar surface area (TPSA) is 116 Å². The van der Waals surface area contributed by atoms with Crippen molar-refractivity contribution in [2.75, 3.05) is 11.9 Å². The van der Waals surface area contributed by atoms with Gasteiger partial charge in [-0.1, -0.05) is 60.7 Å². The van der Waals surface area contributed by atoms with Crippen LogP contribution in [0.4, 0.5) is 5.69 Å². The van der Waals surface area contributed by atoms with E-state index in [1.165, 1.54) is 19.1 Å². The molecule has 0 aromatic heterocycles. The second kappa shape index (κ2) is 13.5. The number of ketones is 2. The molecule has 3 aromatic rings. The number of anilines is 1. The molecule has 1 unspecified atom stereocenters. The zero-order valence-electron chi connectivity index (χ0n) is 20.3. The SMILES string of the molecule is CC(OC(=O)c1ccc(NC(=O)CCCC(=O)OCC(=O)c2ccccc2)cc1)C(=O)c1ccccc1. The van der Waals surface area contributed by atoms with Crippen molar-refractivity contribution < 1.29 is 33.4 Å². The highest BCUT2D eigenvalue weighted by Gasteiger charge is 2.20.